The minimum absolute atomic E-state index is 0.150. The highest BCUT2D eigenvalue weighted by atomic mass is 35.5. The average molecular weight is 395 g/mol. The second-order valence-electron chi connectivity index (χ2n) is 6.23. The third-order valence-corrected chi connectivity index (χ3v) is 4.33. The Morgan fingerprint density at radius 2 is 1.46 bits per heavy atom. The third-order valence-electron chi connectivity index (χ3n) is 3.92. The van der Waals surface area contributed by atoms with Crippen LogP contribution in [0.25, 0.3) is 0 Å². The molecule has 1 heterocycles. The van der Waals surface area contributed by atoms with E-state index < -0.39 is 0 Å². The van der Waals surface area contributed by atoms with Crippen LogP contribution in [0.15, 0.2) is 60.8 Å². The molecular formula is C21H19ClN4O2. The molecule has 3 N–H and O–H groups in total. The molecule has 142 valence electrons. The van der Waals surface area contributed by atoms with Gasteiger partial charge in [0.15, 0.2) is 0 Å². The van der Waals surface area contributed by atoms with Gasteiger partial charge in [-0.3, -0.25) is 9.59 Å². The van der Waals surface area contributed by atoms with E-state index in [0.29, 0.717) is 22.1 Å². The standard InChI is InChI=1S/C21H19ClN4O2/c1-13-3-4-17(11-19(13)22)25-18-9-10-20(23-12-18)21(28)26-16-7-5-15(6-8-16)24-14(2)27/h3-12,25H,1-2H3,(H,24,27)(H,26,28). The number of pyridine rings is 1. The maximum absolute atomic E-state index is 12.3. The van der Waals surface area contributed by atoms with E-state index in [1.807, 2.05) is 25.1 Å². The van der Waals surface area contributed by atoms with E-state index >= 15 is 0 Å². The Morgan fingerprint density at radius 1 is 0.857 bits per heavy atom. The molecule has 0 atom stereocenters. The quantitative estimate of drug-likeness (QED) is 0.568. The number of hydrogen-bond acceptors (Lipinski definition) is 4. The molecule has 0 saturated carbocycles. The van der Waals surface area contributed by atoms with Crippen LogP contribution in [0, 0.1) is 6.92 Å². The number of aryl methyl sites for hydroxylation is 1. The van der Waals surface area contributed by atoms with E-state index in [9.17, 15) is 9.59 Å². The molecule has 6 nitrogen and oxygen atoms in total. The van der Waals surface area contributed by atoms with Crippen LogP contribution < -0.4 is 16.0 Å². The number of halogens is 1. The molecule has 0 aliphatic heterocycles. The van der Waals surface area contributed by atoms with Crippen molar-refractivity contribution < 1.29 is 9.59 Å². The van der Waals surface area contributed by atoms with Crippen LogP contribution in [-0.2, 0) is 4.79 Å². The van der Waals surface area contributed by atoms with Crippen molar-refractivity contribution in [3.05, 3.63) is 77.1 Å². The second-order valence-corrected chi connectivity index (χ2v) is 6.64. The van der Waals surface area contributed by atoms with Crippen molar-refractivity contribution in [2.24, 2.45) is 0 Å². The Hall–Kier alpha value is -3.38. The molecule has 7 heteroatoms. The van der Waals surface area contributed by atoms with Crippen LogP contribution >= 0.6 is 11.6 Å². The maximum atomic E-state index is 12.3. The minimum Gasteiger partial charge on any atom is -0.354 e. The van der Waals surface area contributed by atoms with Crippen molar-refractivity contribution in [1.82, 2.24) is 4.98 Å². The first-order chi connectivity index (χ1) is 13.4. The molecule has 3 aromatic rings. The topological polar surface area (TPSA) is 83.1 Å². The summed E-state index contributed by atoms with van der Waals surface area (Å²) in [7, 11) is 0. The summed E-state index contributed by atoms with van der Waals surface area (Å²) in [4.78, 5) is 27.6. The van der Waals surface area contributed by atoms with E-state index in [0.717, 1.165) is 16.9 Å². The number of benzene rings is 2. The van der Waals surface area contributed by atoms with Crippen LogP contribution in [0.4, 0.5) is 22.7 Å². The first kappa shape index (κ1) is 19.4. The van der Waals surface area contributed by atoms with Gasteiger partial charge in [-0.25, -0.2) is 4.98 Å². The molecule has 1 aromatic heterocycles. The molecule has 0 fully saturated rings. The van der Waals surface area contributed by atoms with Gasteiger partial charge >= 0.3 is 0 Å². The van der Waals surface area contributed by atoms with E-state index in [-0.39, 0.29) is 11.8 Å². The van der Waals surface area contributed by atoms with Gasteiger partial charge in [-0.1, -0.05) is 17.7 Å². The maximum Gasteiger partial charge on any atom is 0.274 e. The summed E-state index contributed by atoms with van der Waals surface area (Å²) < 4.78 is 0. The summed E-state index contributed by atoms with van der Waals surface area (Å²) in [6, 6.07) is 15.9. The number of aromatic nitrogens is 1. The summed E-state index contributed by atoms with van der Waals surface area (Å²) in [5.74, 6) is -0.472. The van der Waals surface area contributed by atoms with Crippen LogP contribution in [-0.4, -0.2) is 16.8 Å². The summed E-state index contributed by atoms with van der Waals surface area (Å²) in [5.41, 5.74) is 4.15. The summed E-state index contributed by atoms with van der Waals surface area (Å²) in [6.07, 6.45) is 1.59. The van der Waals surface area contributed by atoms with Crippen molar-refractivity contribution >= 4 is 46.2 Å². The molecule has 3 rings (SSSR count). The van der Waals surface area contributed by atoms with E-state index in [1.165, 1.54) is 6.92 Å². The third kappa shape index (κ3) is 5.08. The number of carbonyl (C=O) groups excluding carboxylic acids is 2. The number of nitrogens with one attached hydrogen (secondary N) is 3. The number of rotatable bonds is 5. The summed E-state index contributed by atoms with van der Waals surface area (Å²) in [6.45, 7) is 3.38. The predicted molar refractivity (Wildman–Crippen MR) is 112 cm³/mol. The molecule has 2 aromatic carbocycles. The molecule has 0 aliphatic carbocycles. The molecule has 0 saturated heterocycles. The van der Waals surface area contributed by atoms with Gasteiger partial charge in [0.25, 0.3) is 5.91 Å². The van der Waals surface area contributed by atoms with Gasteiger partial charge in [0.1, 0.15) is 5.69 Å². The van der Waals surface area contributed by atoms with Gasteiger partial charge in [-0.2, -0.15) is 0 Å². The summed E-state index contributed by atoms with van der Waals surface area (Å²) >= 11 is 6.13. The second kappa shape index (κ2) is 8.54. The van der Waals surface area contributed by atoms with Crippen LogP contribution in [0.5, 0.6) is 0 Å². The monoisotopic (exact) mass is 394 g/mol. The average Bonchev–Trinajstić information content (AvgIpc) is 2.66. The molecule has 2 amide bonds. The SMILES string of the molecule is CC(=O)Nc1ccc(NC(=O)c2ccc(Nc3ccc(C)c(Cl)c3)cn2)cc1. The number of amides is 2. The number of anilines is 4. The van der Waals surface area contributed by atoms with Crippen molar-refractivity contribution in [1.29, 1.82) is 0 Å². The predicted octanol–water partition coefficient (Wildman–Crippen LogP) is 5.00. The van der Waals surface area contributed by atoms with E-state index in [1.54, 1.807) is 42.6 Å². The van der Waals surface area contributed by atoms with Gasteiger partial charge in [0.05, 0.1) is 11.9 Å². The van der Waals surface area contributed by atoms with Crippen LogP contribution in [0.2, 0.25) is 5.02 Å². The Labute approximate surface area is 168 Å². The van der Waals surface area contributed by atoms with Gasteiger partial charge in [-0.05, 0) is 61.0 Å². The molecule has 0 radical (unpaired) electrons. The van der Waals surface area contributed by atoms with Gasteiger partial charge in [0, 0.05) is 29.0 Å². The highest BCUT2D eigenvalue weighted by Crippen LogP contribution is 2.23. The lowest BCUT2D eigenvalue weighted by atomic mass is 10.2. The number of carbonyl (C=O) groups is 2. The van der Waals surface area contributed by atoms with Crippen molar-refractivity contribution in [3.8, 4) is 0 Å². The number of nitrogens with zero attached hydrogens (tertiary/aromatic N) is 1. The van der Waals surface area contributed by atoms with Crippen LogP contribution in [0.1, 0.15) is 23.0 Å². The van der Waals surface area contributed by atoms with Crippen LogP contribution in [0.3, 0.4) is 0 Å². The molecule has 0 bridgehead atoms. The Balaban J connectivity index is 1.63. The lowest BCUT2D eigenvalue weighted by Crippen LogP contribution is -2.13. The fourth-order valence-corrected chi connectivity index (χ4v) is 2.66. The normalized spacial score (nSPS) is 10.2. The smallest absolute Gasteiger partial charge is 0.274 e. The highest BCUT2D eigenvalue weighted by molar-refractivity contribution is 6.31. The van der Waals surface area contributed by atoms with Gasteiger partial charge < -0.3 is 16.0 Å². The molecule has 0 unspecified atom stereocenters. The van der Waals surface area contributed by atoms with Crippen molar-refractivity contribution in [2.45, 2.75) is 13.8 Å². The Bertz CT molecular complexity index is 1000. The molecule has 0 spiro atoms. The lowest BCUT2D eigenvalue weighted by Gasteiger charge is -2.09. The zero-order chi connectivity index (χ0) is 20.1. The lowest BCUT2D eigenvalue weighted by molar-refractivity contribution is -0.114. The zero-order valence-corrected chi connectivity index (χ0v) is 16.2. The van der Waals surface area contributed by atoms with Crippen molar-refractivity contribution in [3.63, 3.8) is 0 Å². The number of hydrogen-bond donors (Lipinski definition) is 3. The molecule has 0 aliphatic rings. The largest absolute Gasteiger partial charge is 0.354 e. The van der Waals surface area contributed by atoms with E-state index in [2.05, 4.69) is 20.9 Å². The molecular weight excluding hydrogens is 376 g/mol. The fraction of sp³-hybridized carbons (Fsp3) is 0.0952. The first-order valence-corrected chi connectivity index (χ1v) is 8.97. The van der Waals surface area contributed by atoms with Gasteiger partial charge in [-0.15, -0.1) is 0 Å². The van der Waals surface area contributed by atoms with Gasteiger partial charge in [0.2, 0.25) is 5.91 Å². The fourth-order valence-electron chi connectivity index (χ4n) is 2.47. The Kier molecular flexibility index (Phi) is 5.91. The van der Waals surface area contributed by atoms with E-state index in [4.69, 9.17) is 11.6 Å². The Morgan fingerprint density at radius 3 is 2.04 bits per heavy atom. The molecule has 28 heavy (non-hydrogen) atoms. The summed E-state index contributed by atoms with van der Waals surface area (Å²) in [5, 5.41) is 9.32. The minimum atomic E-state index is -0.322. The van der Waals surface area contributed by atoms with Crippen molar-refractivity contribution in [2.75, 3.05) is 16.0 Å². The zero-order valence-electron chi connectivity index (χ0n) is 15.4. The first-order valence-electron chi connectivity index (χ1n) is 8.59. The highest BCUT2D eigenvalue weighted by Gasteiger charge is 2.08.